The molecule has 1 aliphatic carbocycles. The third-order valence-electron chi connectivity index (χ3n) is 3.91. The molecule has 1 amide bonds. The zero-order chi connectivity index (χ0) is 15.1. The van der Waals surface area contributed by atoms with Crippen LogP contribution in [0.15, 0.2) is 18.3 Å². The summed E-state index contributed by atoms with van der Waals surface area (Å²) < 4.78 is 0. The van der Waals surface area contributed by atoms with Gasteiger partial charge in [-0.25, -0.2) is 4.98 Å². The van der Waals surface area contributed by atoms with Gasteiger partial charge in [0.1, 0.15) is 12.3 Å². The van der Waals surface area contributed by atoms with Gasteiger partial charge in [-0.05, 0) is 31.9 Å². The van der Waals surface area contributed by atoms with Gasteiger partial charge in [0.2, 0.25) is 0 Å². The quantitative estimate of drug-likeness (QED) is 0.867. The van der Waals surface area contributed by atoms with Crippen molar-refractivity contribution in [3.05, 3.63) is 29.6 Å². The van der Waals surface area contributed by atoms with Gasteiger partial charge in [0.15, 0.2) is 0 Å². The standard InChI is InChI=1S/C17H22N2O2/c1-2-19(15-8-4-3-5-9-15)17(21)16-11-10-14(13-18-16)7-6-12-20/h10-11,13,15,20H,2-5,8-9,12H2,1H3. The van der Waals surface area contributed by atoms with Gasteiger partial charge in [-0.3, -0.25) is 4.79 Å². The van der Waals surface area contributed by atoms with Crippen molar-refractivity contribution in [2.45, 2.75) is 45.1 Å². The second-order valence-corrected chi connectivity index (χ2v) is 5.28. The molecule has 0 bridgehead atoms. The van der Waals surface area contributed by atoms with Crippen LogP contribution in [0.5, 0.6) is 0 Å². The number of hydrogen-bond donors (Lipinski definition) is 1. The Balaban J connectivity index is 2.09. The first-order valence-corrected chi connectivity index (χ1v) is 7.63. The van der Waals surface area contributed by atoms with Crippen LogP contribution in [0, 0.1) is 11.8 Å². The van der Waals surface area contributed by atoms with Crippen molar-refractivity contribution < 1.29 is 9.90 Å². The van der Waals surface area contributed by atoms with E-state index in [9.17, 15) is 4.79 Å². The second-order valence-electron chi connectivity index (χ2n) is 5.28. The molecule has 4 nitrogen and oxygen atoms in total. The molecule has 112 valence electrons. The minimum atomic E-state index is -0.175. The Morgan fingerprint density at radius 2 is 2.14 bits per heavy atom. The van der Waals surface area contributed by atoms with Gasteiger partial charge in [-0.1, -0.05) is 31.1 Å². The molecule has 1 aliphatic rings. The summed E-state index contributed by atoms with van der Waals surface area (Å²) in [4.78, 5) is 18.8. The molecule has 0 saturated heterocycles. The topological polar surface area (TPSA) is 53.4 Å². The normalized spacial score (nSPS) is 15.1. The molecular formula is C17H22N2O2. The number of hydrogen-bond acceptors (Lipinski definition) is 3. The van der Waals surface area contributed by atoms with Crippen LogP contribution in [0.2, 0.25) is 0 Å². The van der Waals surface area contributed by atoms with E-state index in [1.54, 1.807) is 18.3 Å². The summed E-state index contributed by atoms with van der Waals surface area (Å²) in [5, 5.41) is 8.66. The minimum absolute atomic E-state index is 0.00562. The fraction of sp³-hybridized carbons (Fsp3) is 0.529. The van der Waals surface area contributed by atoms with Gasteiger partial charge in [0, 0.05) is 24.3 Å². The molecule has 0 radical (unpaired) electrons. The molecule has 1 aromatic heterocycles. The van der Waals surface area contributed by atoms with Crippen molar-refractivity contribution >= 4 is 5.91 Å². The SMILES string of the molecule is CCN(C(=O)c1ccc(C#CCO)cn1)C1CCCCC1. The molecule has 0 unspecified atom stereocenters. The van der Waals surface area contributed by atoms with Crippen LogP contribution < -0.4 is 0 Å². The van der Waals surface area contributed by atoms with Gasteiger partial charge < -0.3 is 10.0 Å². The van der Waals surface area contributed by atoms with E-state index in [1.807, 2.05) is 11.8 Å². The number of carbonyl (C=O) groups is 1. The molecule has 0 aromatic carbocycles. The monoisotopic (exact) mass is 286 g/mol. The predicted molar refractivity (Wildman–Crippen MR) is 81.8 cm³/mol. The van der Waals surface area contributed by atoms with Crippen molar-refractivity contribution in [1.82, 2.24) is 9.88 Å². The third kappa shape index (κ3) is 4.05. The third-order valence-corrected chi connectivity index (χ3v) is 3.91. The van der Waals surface area contributed by atoms with Gasteiger partial charge in [-0.2, -0.15) is 0 Å². The predicted octanol–water partition coefficient (Wildman–Crippen LogP) is 2.22. The van der Waals surface area contributed by atoms with Gasteiger partial charge in [0.05, 0.1) is 0 Å². The fourth-order valence-corrected chi connectivity index (χ4v) is 2.84. The number of rotatable bonds is 3. The number of aliphatic hydroxyl groups is 1. The average molecular weight is 286 g/mol. The highest BCUT2D eigenvalue weighted by molar-refractivity contribution is 5.92. The van der Waals surface area contributed by atoms with Crippen LogP contribution in [0.1, 0.15) is 55.1 Å². The maximum atomic E-state index is 12.6. The molecule has 1 fully saturated rings. The molecule has 2 rings (SSSR count). The van der Waals surface area contributed by atoms with E-state index in [0.717, 1.165) is 19.4 Å². The lowest BCUT2D eigenvalue weighted by atomic mass is 9.94. The summed E-state index contributed by atoms with van der Waals surface area (Å²) in [6, 6.07) is 3.85. The Labute approximate surface area is 126 Å². The molecule has 0 atom stereocenters. The number of nitrogens with zero attached hydrogens (tertiary/aromatic N) is 2. The van der Waals surface area contributed by atoms with E-state index in [0.29, 0.717) is 17.3 Å². The first-order chi connectivity index (χ1) is 10.3. The number of amides is 1. The van der Waals surface area contributed by atoms with Gasteiger partial charge in [0.25, 0.3) is 5.91 Å². The summed E-state index contributed by atoms with van der Waals surface area (Å²) >= 11 is 0. The van der Waals surface area contributed by atoms with Crippen LogP contribution in [0.25, 0.3) is 0 Å². The zero-order valence-corrected chi connectivity index (χ0v) is 12.5. The summed E-state index contributed by atoms with van der Waals surface area (Å²) in [5.74, 6) is 5.35. The molecule has 0 spiro atoms. The fourth-order valence-electron chi connectivity index (χ4n) is 2.84. The van der Waals surface area contributed by atoms with Gasteiger partial charge >= 0.3 is 0 Å². The highest BCUT2D eigenvalue weighted by atomic mass is 16.2. The number of pyridine rings is 1. The van der Waals surface area contributed by atoms with Crippen molar-refractivity contribution in [3.8, 4) is 11.8 Å². The van der Waals surface area contributed by atoms with Crippen LogP contribution >= 0.6 is 0 Å². The Morgan fingerprint density at radius 1 is 1.38 bits per heavy atom. The lowest BCUT2D eigenvalue weighted by Gasteiger charge is -2.33. The van der Waals surface area contributed by atoms with Crippen molar-refractivity contribution in [2.24, 2.45) is 0 Å². The minimum Gasteiger partial charge on any atom is -0.384 e. The highest BCUT2D eigenvalue weighted by Crippen LogP contribution is 2.23. The van der Waals surface area contributed by atoms with Crippen molar-refractivity contribution in [1.29, 1.82) is 0 Å². The molecule has 21 heavy (non-hydrogen) atoms. The molecule has 4 heteroatoms. The molecule has 1 N–H and O–H groups in total. The summed E-state index contributed by atoms with van der Waals surface area (Å²) in [5.41, 5.74) is 1.18. The van der Waals surface area contributed by atoms with Crippen molar-refractivity contribution in [2.75, 3.05) is 13.2 Å². The lowest BCUT2D eigenvalue weighted by Crippen LogP contribution is -2.41. The van der Waals surface area contributed by atoms with E-state index in [1.165, 1.54) is 19.3 Å². The first kappa shape index (κ1) is 15.5. The van der Waals surface area contributed by atoms with Crippen molar-refractivity contribution in [3.63, 3.8) is 0 Å². The Kier molecular flexibility index (Phi) is 5.77. The van der Waals surface area contributed by atoms with Crippen LogP contribution in [-0.2, 0) is 0 Å². The molecular weight excluding hydrogens is 264 g/mol. The smallest absolute Gasteiger partial charge is 0.272 e. The van der Waals surface area contributed by atoms with Crippen LogP contribution in [0.4, 0.5) is 0 Å². The molecule has 1 aromatic rings. The number of aromatic nitrogens is 1. The summed E-state index contributed by atoms with van der Waals surface area (Å²) in [6.45, 7) is 2.57. The number of aliphatic hydroxyl groups excluding tert-OH is 1. The zero-order valence-electron chi connectivity index (χ0n) is 12.5. The molecule has 1 saturated carbocycles. The van der Waals surface area contributed by atoms with Crippen LogP contribution in [0.3, 0.4) is 0 Å². The average Bonchev–Trinajstić information content (AvgIpc) is 2.55. The Bertz CT molecular complexity index is 522. The van der Waals surface area contributed by atoms with E-state index in [2.05, 4.69) is 16.8 Å². The first-order valence-electron chi connectivity index (χ1n) is 7.63. The van der Waals surface area contributed by atoms with E-state index in [-0.39, 0.29) is 12.5 Å². The maximum absolute atomic E-state index is 12.6. The second kappa shape index (κ2) is 7.80. The lowest BCUT2D eigenvalue weighted by molar-refractivity contribution is 0.0642. The largest absolute Gasteiger partial charge is 0.384 e. The Morgan fingerprint density at radius 3 is 2.71 bits per heavy atom. The maximum Gasteiger partial charge on any atom is 0.272 e. The molecule has 1 heterocycles. The number of carbonyl (C=O) groups excluding carboxylic acids is 1. The summed E-state index contributed by atoms with van der Waals surface area (Å²) in [6.07, 6.45) is 7.47. The van der Waals surface area contributed by atoms with E-state index >= 15 is 0 Å². The van der Waals surface area contributed by atoms with E-state index < -0.39 is 0 Å². The summed E-state index contributed by atoms with van der Waals surface area (Å²) in [7, 11) is 0. The molecule has 0 aliphatic heterocycles. The van der Waals surface area contributed by atoms with Crippen LogP contribution in [-0.4, -0.2) is 40.1 Å². The van der Waals surface area contributed by atoms with E-state index in [4.69, 9.17) is 5.11 Å². The van der Waals surface area contributed by atoms with Gasteiger partial charge in [-0.15, -0.1) is 0 Å². The highest BCUT2D eigenvalue weighted by Gasteiger charge is 2.25. The Hall–Kier alpha value is -1.86.